The van der Waals surface area contributed by atoms with Gasteiger partial charge in [0.15, 0.2) is 0 Å². The van der Waals surface area contributed by atoms with Gasteiger partial charge in [-0.3, -0.25) is 0 Å². The third-order valence-corrected chi connectivity index (χ3v) is 0. The molecular formula is BaO4S2+2. The fraction of sp³-hybridized carbons (Fsp3) is 0. The molecule has 0 bridgehead atoms. The summed E-state index contributed by atoms with van der Waals surface area (Å²) in [5.41, 5.74) is 0. The quantitative estimate of drug-likeness (QED) is 0.489. The van der Waals surface area contributed by atoms with Crippen molar-refractivity contribution >= 4 is 72.0 Å². The summed E-state index contributed by atoms with van der Waals surface area (Å²) in [6.45, 7) is 0. The predicted octanol–water partition coefficient (Wildman–Crippen LogP) is -1.72. The molecule has 0 aliphatic rings. The molecule has 0 saturated carbocycles. The molecule has 0 aromatic heterocycles. The summed E-state index contributed by atoms with van der Waals surface area (Å²) in [5, 5.41) is 0. The van der Waals surface area contributed by atoms with Gasteiger partial charge >= 0.3 is 72.0 Å². The zero-order chi connectivity index (χ0) is 5.41. The Morgan fingerprint density at radius 1 is 0.714 bits per heavy atom. The summed E-state index contributed by atoms with van der Waals surface area (Å²) < 4.78 is 33.2. The Morgan fingerprint density at radius 3 is 0.714 bits per heavy atom. The second-order valence-electron chi connectivity index (χ2n) is 0.136. The first kappa shape index (κ1) is 15.7. The molecule has 0 aliphatic heterocycles. The Labute approximate surface area is 87.3 Å². The first-order chi connectivity index (χ1) is 2.83. The number of hydrogen-bond donors (Lipinski definition) is 0. The SMILES string of the molecule is O=S=O.O=S=O.[Ba+2]. The molecule has 0 radical (unpaired) electrons. The summed E-state index contributed by atoms with van der Waals surface area (Å²) in [4.78, 5) is 0. The van der Waals surface area contributed by atoms with E-state index in [2.05, 4.69) is 0 Å². The zero-order valence-corrected chi connectivity index (χ0v) is 9.23. The maximum absolute atomic E-state index is 8.29. The molecule has 0 spiro atoms. The predicted molar refractivity (Wildman–Crippen MR) is 23.6 cm³/mol. The summed E-state index contributed by atoms with van der Waals surface area (Å²) in [6.07, 6.45) is 0. The summed E-state index contributed by atoms with van der Waals surface area (Å²) in [6, 6.07) is 0. The Hall–Kier alpha value is 1.21. The molecule has 7 heteroatoms. The molecule has 0 fully saturated rings. The largest absolute Gasteiger partial charge is 2.00 e. The molecule has 0 heterocycles. The Balaban J connectivity index is -0.0000000400. The van der Waals surface area contributed by atoms with E-state index in [-0.39, 0.29) is 48.9 Å². The van der Waals surface area contributed by atoms with Crippen LogP contribution in [0, 0.1) is 0 Å². The smallest absolute Gasteiger partial charge is 0.168 e. The van der Waals surface area contributed by atoms with Gasteiger partial charge in [-0.2, -0.15) is 16.8 Å². The van der Waals surface area contributed by atoms with E-state index < -0.39 is 23.1 Å². The minimum absolute atomic E-state index is 0. The molecule has 0 aromatic rings. The molecule has 0 aromatic carbocycles. The van der Waals surface area contributed by atoms with Gasteiger partial charge in [-0.15, -0.1) is 0 Å². The van der Waals surface area contributed by atoms with Crippen LogP contribution >= 0.6 is 0 Å². The number of hydrogen-bond acceptors (Lipinski definition) is 4. The summed E-state index contributed by atoms with van der Waals surface area (Å²) in [7, 11) is 0. The van der Waals surface area contributed by atoms with Gasteiger partial charge in [-0.1, -0.05) is 0 Å². The van der Waals surface area contributed by atoms with E-state index in [9.17, 15) is 0 Å². The van der Waals surface area contributed by atoms with Gasteiger partial charge in [-0.05, 0) is 0 Å². The van der Waals surface area contributed by atoms with E-state index in [1.807, 2.05) is 0 Å². The molecule has 4 nitrogen and oxygen atoms in total. The van der Waals surface area contributed by atoms with E-state index in [1.54, 1.807) is 0 Å². The fourth-order valence-electron chi connectivity index (χ4n) is 0. The van der Waals surface area contributed by atoms with E-state index in [0.717, 1.165) is 0 Å². The van der Waals surface area contributed by atoms with Crippen molar-refractivity contribution in [1.82, 2.24) is 0 Å². The second kappa shape index (κ2) is 27.0. The molecule has 0 atom stereocenters. The molecule has 0 rings (SSSR count). The molecule has 0 N–H and O–H groups in total. The first-order valence-electron chi connectivity index (χ1n) is 0.667. The molecule has 0 amide bonds. The van der Waals surface area contributed by atoms with Crippen molar-refractivity contribution < 1.29 is 16.8 Å². The van der Waals surface area contributed by atoms with Gasteiger partial charge in [0.1, 0.15) is 0 Å². The average molecular weight is 265 g/mol. The van der Waals surface area contributed by atoms with Crippen molar-refractivity contribution in [1.29, 1.82) is 0 Å². The van der Waals surface area contributed by atoms with Crippen molar-refractivity contribution in [3.8, 4) is 0 Å². The summed E-state index contributed by atoms with van der Waals surface area (Å²) >= 11 is -1.50. The molecule has 0 aliphatic carbocycles. The van der Waals surface area contributed by atoms with Crippen molar-refractivity contribution in [3.05, 3.63) is 0 Å². The van der Waals surface area contributed by atoms with Crippen LogP contribution in [0.1, 0.15) is 0 Å². The van der Waals surface area contributed by atoms with Gasteiger partial charge in [0, 0.05) is 0 Å². The first-order valence-corrected chi connectivity index (χ1v) is 2.00. The second-order valence-corrected chi connectivity index (χ2v) is 0.408. The fourth-order valence-corrected chi connectivity index (χ4v) is 0. The molecule has 7 heavy (non-hydrogen) atoms. The monoisotopic (exact) mass is 266 g/mol. The number of rotatable bonds is 0. The maximum atomic E-state index is 8.29. The Morgan fingerprint density at radius 2 is 0.714 bits per heavy atom. The van der Waals surface area contributed by atoms with Crippen LogP contribution in [-0.4, -0.2) is 65.7 Å². The molecular weight excluding hydrogens is 265 g/mol. The molecule has 0 unspecified atom stereocenters. The van der Waals surface area contributed by atoms with Crippen LogP contribution in [0.25, 0.3) is 0 Å². The van der Waals surface area contributed by atoms with Gasteiger partial charge in [0.05, 0.1) is 0 Å². The van der Waals surface area contributed by atoms with Gasteiger partial charge in [0.25, 0.3) is 0 Å². The maximum Gasteiger partial charge on any atom is 2.00 e. The van der Waals surface area contributed by atoms with E-state index in [4.69, 9.17) is 16.8 Å². The average Bonchev–Trinajstić information content (AvgIpc) is 1.39. The third kappa shape index (κ3) is 133. The Kier molecular flexibility index (Phi) is 60.6. The van der Waals surface area contributed by atoms with Crippen molar-refractivity contribution in [2.24, 2.45) is 0 Å². The zero-order valence-electron chi connectivity index (χ0n) is 3.16. The van der Waals surface area contributed by atoms with Gasteiger partial charge in [0.2, 0.25) is 0 Å². The van der Waals surface area contributed by atoms with E-state index >= 15 is 0 Å². The topological polar surface area (TPSA) is 68.3 Å². The van der Waals surface area contributed by atoms with Crippen LogP contribution < -0.4 is 0 Å². The van der Waals surface area contributed by atoms with Crippen LogP contribution in [0.15, 0.2) is 0 Å². The van der Waals surface area contributed by atoms with Crippen molar-refractivity contribution in [3.63, 3.8) is 0 Å². The van der Waals surface area contributed by atoms with Crippen molar-refractivity contribution in [2.45, 2.75) is 0 Å². The third-order valence-electron chi connectivity index (χ3n) is 0. The van der Waals surface area contributed by atoms with Crippen LogP contribution in [0.5, 0.6) is 0 Å². The Bertz CT molecular complexity index is 63.7. The van der Waals surface area contributed by atoms with Crippen LogP contribution in [-0.2, 0) is 23.1 Å². The van der Waals surface area contributed by atoms with Gasteiger partial charge < -0.3 is 0 Å². The van der Waals surface area contributed by atoms with Crippen LogP contribution in [0.3, 0.4) is 0 Å². The standard InChI is InChI=1S/Ba.2O2S/c;2*1-3-2/q+2;;. The van der Waals surface area contributed by atoms with Crippen LogP contribution in [0.4, 0.5) is 0 Å². The molecule has 36 valence electrons. The van der Waals surface area contributed by atoms with Gasteiger partial charge in [-0.25, -0.2) is 0 Å². The van der Waals surface area contributed by atoms with Crippen molar-refractivity contribution in [2.75, 3.05) is 0 Å². The minimum atomic E-state index is -0.750. The van der Waals surface area contributed by atoms with E-state index in [1.165, 1.54) is 0 Å². The van der Waals surface area contributed by atoms with E-state index in [0.29, 0.717) is 0 Å². The molecule has 0 saturated heterocycles. The summed E-state index contributed by atoms with van der Waals surface area (Å²) in [5.74, 6) is 0. The normalized spacial score (nSPS) is 3.43. The van der Waals surface area contributed by atoms with Crippen LogP contribution in [0.2, 0.25) is 0 Å². The minimum Gasteiger partial charge on any atom is -0.168 e.